The summed E-state index contributed by atoms with van der Waals surface area (Å²) in [7, 11) is 1.77. The number of hydrogen-bond acceptors (Lipinski definition) is 5. The second kappa shape index (κ2) is 14.4. The number of hydrogen-bond donors (Lipinski definition) is 4. The van der Waals surface area contributed by atoms with Gasteiger partial charge in [0.25, 0.3) is 0 Å². The van der Waals surface area contributed by atoms with E-state index in [9.17, 15) is 0 Å². The number of rotatable bonds is 7. The summed E-state index contributed by atoms with van der Waals surface area (Å²) in [4.78, 5) is 2.44. The Labute approximate surface area is 194 Å². The molecule has 2 aromatic carbocycles. The van der Waals surface area contributed by atoms with Crippen molar-refractivity contribution >= 4 is 79.6 Å². The van der Waals surface area contributed by atoms with E-state index in [4.69, 9.17) is 16.6 Å². The number of nitrogens with one attached hydrogen (secondary N) is 3. The van der Waals surface area contributed by atoms with E-state index < -0.39 is 0 Å². The van der Waals surface area contributed by atoms with Crippen molar-refractivity contribution < 1.29 is 0 Å². The average molecular weight is 552 g/mol. The van der Waals surface area contributed by atoms with Crippen LogP contribution in [0.25, 0.3) is 0 Å². The molecule has 27 heavy (non-hydrogen) atoms. The number of amidine groups is 2. The summed E-state index contributed by atoms with van der Waals surface area (Å²) in [5.41, 5.74) is 7.92. The Kier molecular flexibility index (Phi) is 14.1. The fraction of sp³-hybridized carbons (Fsp3) is 0.222. The van der Waals surface area contributed by atoms with Gasteiger partial charge in [0.1, 0.15) is 0 Å². The van der Waals surface area contributed by atoms with Gasteiger partial charge in [0, 0.05) is 28.3 Å². The molecule has 0 bridgehead atoms. The van der Waals surface area contributed by atoms with Gasteiger partial charge in [-0.3, -0.25) is 10.8 Å². The van der Waals surface area contributed by atoms with Crippen LogP contribution in [0.2, 0.25) is 0 Å². The van der Waals surface area contributed by atoms with Gasteiger partial charge in [-0.15, -0.1) is 34.0 Å². The zero-order valence-electron chi connectivity index (χ0n) is 14.9. The van der Waals surface area contributed by atoms with Crippen molar-refractivity contribution in [2.75, 3.05) is 12.8 Å². The first kappa shape index (κ1) is 26.4. The summed E-state index contributed by atoms with van der Waals surface area (Å²) >= 11 is 4.63. The van der Waals surface area contributed by atoms with Gasteiger partial charge in [-0.1, -0.05) is 71.7 Å². The lowest BCUT2D eigenvalue weighted by atomic mass is 10.2. The molecule has 148 valence electrons. The van der Waals surface area contributed by atoms with Crippen LogP contribution in [-0.4, -0.2) is 23.1 Å². The van der Waals surface area contributed by atoms with Crippen molar-refractivity contribution in [2.24, 2.45) is 5.73 Å². The van der Waals surface area contributed by atoms with Crippen LogP contribution in [0.15, 0.2) is 58.3 Å². The monoisotopic (exact) mass is 550 g/mol. The Balaban J connectivity index is 0.00000338. The Morgan fingerprint density at radius 2 is 1.48 bits per heavy atom. The van der Waals surface area contributed by atoms with E-state index in [1.165, 1.54) is 44.4 Å². The normalized spacial score (nSPS) is 9.67. The number of aryl methyl sites for hydroxylation is 1. The fourth-order valence-electron chi connectivity index (χ4n) is 2.14. The van der Waals surface area contributed by atoms with E-state index >= 15 is 0 Å². The Hall–Kier alpha value is -0.610. The van der Waals surface area contributed by atoms with Crippen LogP contribution in [0.4, 0.5) is 0 Å². The van der Waals surface area contributed by atoms with Gasteiger partial charge >= 0.3 is 0 Å². The van der Waals surface area contributed by atoms with E-state index in [-0.39, 0.29) is 39.1 Å². The van der Waals surface area contributed by atoms with E-state index in [2.05, 4.69) is 35.6 Å². The number of halogens is 2. The van der Waals surface area contributed by atoms with E-state index in [0.29, 0.717) is 5.17 Å². The Morgan fingerprint density at radius 3 is 2.07 bits per heavy atom. The van der Waals surface area contributed by atoms with Crippen LogP contribution in [-0.2, 0) is 12.2 Å². The first-order valence-corrected chi connectivity index (χ1v) is 10.6. The average Bonchev–Trinajstić information content (AvgIpc) is 2.61. The third kappa shape index (κ3) is 9.43. The Bertz CT molecular complexity index is 744. The largest absolute Gasteiger partial charge is 0.379 e. The van der Waals surface area contributed by atoms with Crippen LogP contribution in [0, 0.1) is 10.8 Å². The minimum Gasteiger partial charge on any atom is -0.379 e. The molecule has 0 saturated heterocycles. The Morgan fingerprint density at radius 1 is 0.926 bits per heavy atom. The van der Waals surface area contributed by atoms with Crippen LogP contribution in [0.3, 0.4) is 0 Å². The van der Waals surface area contributed by atoms with Crippen molar-refractivity contribution in [1.82, 2.24) is 5.32 Å². The van der Waals surface area contributed by atoms with Crippen molar-refractivity contribution in [2.45, 2.75) is 22.0 Å². The molecule has 0 saturated carbocycles. The zero-order valence-corrected chi connectivity index (χ0v) is 20.7. The molecule has 0 atom stereocenters. The van der Waals surface area contributed by atoms with Gasteiger partial charge in [-0.05, 0) is 29.7 Å². The van der Waals surface area contributed by atoms with Crippen LogP contribution >= 0.6 is 69.2 Å². The minimum atomic E-state index is 0. The first-order valence-electron chi connectivity index (χ1n) is 7.79. The quantitative estimate of drug-likeness (QED) is 0.268. The van der Waals surface area contributed by atoms with Crippen molar-refractivity contribution in [1.29, 1.82) is 10.8 Å². The number of benzene rings is 2. The molecule has 0 heterocycles. The molecular weight excluding hydrogens is 528 g/mol. The second-order valence-corrected chi connectivity index (χ2v) is 8.35. The molecule has 0 spiro atoms. The minimum absolute atomic E-state index is 0. The highest BCUT2D eigenvalue weighted by molar-refractivity contribution is 8.93. The molecule has 2 rings (SSSR count). The molecular formula is C18H24Br2N4S3. The summed E-state index contributed by atoms with van der Waals surface area (Å²) in [6.07, 6.45) is 0.884. The molecule has 0 aliphatic rings. The standard InChI is InChI=1S/C18H22N4S3.2BrH/c1-22-18(21)24-12-14-7-3-5-9-16(14)25-15-8-4-2-6-13(15)10-11-23-17(19)20;;/h2-9H,10-12H2,1H3,(H3,19,20)(H2,21,22);2*1H. The van der Waals surface area contributed by atoms with E-state index in [0.717, 1.165) is 17.9 Å². The predicted octanol–water partition coefficient (Wildman–Crippen LogP) is 5.55. The molecule has 0 aliphatic carbocycles. The van der Waals surface area contributed by atoms with Gasteiger partial charge in [0.2, 0.25) is 0 Å². The SMILES string of the molecule is Br.Br.CNC(=N)SCc1ccccc1Sc1ccccc1CCSC(=N)N. The molecule has 2 aromatic rings. The zero-order chi connectivity index (χ0) is 18.1. The topological polar surface area (TPSA) is 85.8 Å². The van der Waals surface area contributed by atoms with Crippen LogP contribution < -0.4 is 11.1 Å². The van der Waals surface area contributed by atoms with E-state index in [1.54, 1.807) is 18.8 Å². The molecule has 0 aromatic heterocycles. The molecule has 5 N–H and O–H groups in total. The maximum atomic E-state index is 7.74. The highest BCUT2D eigenvalue weighted by Gasteiger charge is 2.09. The third-order valence-electron chi connectivity index (χ3n) is 3.39. The molecule has 0 aliphatic heterocycles. The summed E-state index contributed by atoms with van der Waals surface area (Å²) < 4.78 is 0. The van der Waals surface area contributed by atoms with Crippen LogP contribution in [0.5, 0.6) is 0 Å². The van der Waals surface area contributed by atoms with Gasteiger partial charge < -0.3 is 11.1 Å². The van der Waals surface area contributed by atoms with Crippen molar-refractivity contribution in [3.05, 3.63) is 59.7 Å². The number of thioether (sulfide) groups is 2. The summed E-state index contributed by atoms with van der Waals surface area (Å²) in [6.45, 7) is 0. The number of nitrogens with two attached hydrogens (primary N) is 1. The molecule has 0 fully saturated rings. The molecule has 9 heteroatoms. The predicted molar refractivity (Wildman–Crippen MR) is 134 cm³/mol. The van der Waals surface area contributed by atoms with Gasteiger partial charge in [0.05, 0.1) is 0 Å². The van der Waals surface area contributed by atoms with Crippen LogP contribution in [0.1, 0.15) is 11.1 Å². The summed E-state index contributed by atoms with van der Waals surface area (Å²) in [6, 6.07) is 16.7. The molecule has 4 nitrogen and oxygen atoms in total. The lowest BCUT2D eigenvalue weighted by Crippen LogP contribution is -2.12. The summed E-state index contributed by atoms with van der Waals surface area (Å²) in [5, 5.41) is 18.6. The maximum absolute atomic E-state index is 7.74. The third-order valence-corrected chi connectivity index (χ3v) is 6.30. The van der Waals surface area contributed by atoms with E-state index in [1.807, 2.05) is 18.2 Å². The van der Waals surface area contributed by atoms with Crippen molar-refractivity contribution in [3.8, 4) is 0 Å². The van der Waals surface area contributed by atoms with Gasteiger partial charge in [-0.25, -0.2) is 0 Å². The lowest BCUT2D eigenvalue weighted by molar-refractivity contribution is 1.10. The smallest absolute Gasteiger partial charge is 0.153 e. The molecule has 0 amide bonds. The highest BCUT2D eigenvalue weighted by atomic mass is 79.9. The molecule has 0 radical (unpaired) electrons. The summed E-state index contributed by atoms with van der Waals surface area (Å²) in [5.74, 6) is 1.58. The lowest BCUT2D eigenvalue weighted by Gasteiger charge is -2.12. The fourth-order valence-corrected chi connectivity index (χ4v) is 4.58. The van der Waals surface area contributed by atoms with Gasteiger partial charge in [-0.2, -0.15) is 0 Å². The first-order chi connectivity index (χ1) is 12.1. The maximum Gasteiger partial charge on any atom is 0.153 e. The van der Waals surface area contributed by atoms with Crippen molar-refractivity contribution in [3.63, 3.8) is 0 Å². The second-order valence-electron chi connectivity index (χ2n) is 5.15. The highest BCUT2D eigenvalue weighted by Crippen LogP contribution is 2.34. The molecule has 0 unspecified atom stereocenters. The van der Waals surface area contributed by atoms with Gasteiger partial charge in [0.15, 0.2) is 10.3 Å².